The Bertz CT molecular complexity index is 882. The Labute approximate surface area is 159 Å². The first kappa shape index (κ1) is 20.9. The number of aliphatic hydroxyl groups is 1. The number of amides is 1. The molecule has 0 saturated heterocycles. The van der Waals surface area contributed by atoms with Crippen LogP contribution < -0.4 is 5.32 Å². The minimum absolute atomic E-state index is 0.155. The first-order valence-corrected chi connectivity index (χ1v) is 9.91. The van der Waals surface area contributed by atoms with Gasteiger partial charge in [-0.2, -0.15) is 0 Å². The van der Waals surface area contributed by atoms with Gasteiger partial charge in [-0.05, 0) is 39.8 Å². The van der Waals surface area contributed by atoms with Crippen LogP contribution in [-0.2, 0) is 21.2 Å². The lowest BCUT2D eigenvalue weighted by atomic mass is 10.2. The molecule has 0 aliphatic heterocycles. The van der Waals surface area contributed by atoms with Gasteiger partial charge in [0.1, 0.15) is 11.9 Å². The fourth-order valence-electron chi connectivity index (χ4n) is 2.30. The number of carbonyl (C=O) groups excluding carboxylic acids is 1. The van der Waals surface area contributed by atoms with E-state index in [4.69, 9.17) is 4.74 Å². The van der Waals surface area contributed by atoms with Gasteiger partial charge in [0.05, 0.1) is 23.2 Å². The van der Waals surface area contributed by atoms with Crippen molar-refractivity contribution >= 4 is 16.1 Å². The van der Waals surface area contributed by atoms with E-state index in [2.05, 4.69) is 10.3 Å². The van der Waals surface area contributed by atoms with Crippen molar-refractivity contribution in [2.75, 3.05) is 6.61 Å². The summed E-state index contributed by atoms with van der Waals surface area (Å²) in [5.74, 6) is 0. The van der Waals surface area contributed by atoms with E-state index in [0.29, 0.717) is 5.69 Å². The highest BCUT2D eigenvalue weighted by atomic mass is 32.2. The summed E-state index contributed by atoms with van der Waals surface area (Å²) in [5, 5.41) is 12.0. The molecule has 0 fully saturated rings. The minimum Gasteiger partial charge on any atom is -0.444 e. The molecule has 2 aromatic rings. The van der Waals surface area contributed by atoms with Gasteiger partial charge in [0.2, 0.25) is 0 Å². The van der Waals surface area contributed by atoms with E-state index in [1.54, 1.807) is 32.9 Å². The molecule has 1 atom stereocenters. The van der Waals surface area contributed by atoms with Crippen LogP contribution in [0.2, 0.25) is 0 Å². The Kier molecular flexibility index (Phi) is 6.27. The third-order valence-corrected chi connectivity index (χ3v) is 5.23. The third-order valence-electron chi connectivity index (χ3n) is 3.61. The molecule has 0 unspecified atom stereocenters. The van der Waals surface area contributed by atoms with Gasteiger partial charge < -0.3 is 15.2 Å². The van der Waals surface area contributed by atoms with E-state index in [9.17, 15) is 18.3 Å². The second-order valence-corrected chi connectivity index (χ2v) is 9.09. The van der Waals surface area contributed by atoms with Gasteiger partial charge in [0.15, 0.2) is 0 Å². The van der Waals surface area contributed by atoms with Crippen LogP contribution in [0.25, 0.3) is 0 Å². The zero-order valence-corrected chi connectivity index (χ0v) is 16.7. The zero-order chi connectivity index (χ0) is 20.2. The Morgan fingerprint density at radius 3 is 2.48 bits per heavy atom. The van der Waals surface area contributed by atoms with Crippen LogP contribution in [0, 0.1) is 6.92 Å². The number of nitrogens with one attached hydrogen (secondary N) is 1. The largest absolute Gasteiger partial charge is 0.444 e. The summed E-state index contributed by atoms with van der Waals surface area (Å²) in [6, 6.07) is 5.86. The van der Waals surface area contributed by atoms with E-state index in [0.717, 1.165) is 9.54 Å². The van der Waals surface area contributed by atoms with Crippen molar-refractivity contribution < 1.29 is 23.1 Å². The van der Waals surface area contributed by atoms with Gasteiger partial charge in [0.25, 0.3) is 10.0 Å². The maximum Gasteiger partial charge on any atom is 0.407 e. The summed E-state index contributed by atoms with van der Waals surface area (Å²) in [7, 11) is -3.74. The number of aryl methyl sites for hydroxylation is 1. The van der Waals surface area contributed by atoms with Crippen LogP contribution in [0.1, 0.15) is 32.0 Å². The monoisotopic (exact) mass is 395 g/mol. The summed E-state index contributed by atoms with van der Waals surface area (Å²) < 4.78 is 31.4. The number of carbonyl (C=O) groups is 1. The second kappa shape index (κ2) is 8.10. The predicted octanol–water partition coefficient (Wildman–Crippen LogP) is 1.86. The molecule has 0 aliphatic carbocycles. The van der Waals surface area contributed by atoms with Crippen molar-refractivity contribution in [3.8, 4) is 0 Å². The zero-order valence-electron chi connectivity index (χ0n) is 15.8. The van der Waals surface area contributed by atoms with Crippen molar-refractivity contribution in [2.24, 2.45) is 0 Å². The number of nitrogens with zero attached hydrogens (tertiary/aromatic N) is 2. The lowest BCUT2D eigenvalue weighted by Crippen LogP contribution is -2.42. The van der Waals surface area contributed by atoms with Crippen LogP contribution in [0.3, 0.4) is 0 Å². The molecule has 2 rings (SSSR count). The molecule has 27 heavy (non-hydrogen) atoms. The van der Waals surface area contributed by atoms with Crippen LogP contribution in [0.15, 0.2) is 41.7 Å². The summed E-state index contributed by atoms with van der Waals surface area (Å²) in [4.78, 5) is 16.1. The number of aromatic nitrogens is 2. The van der Waals surface area contributed by atoms with Gasteiger partial charge in [-0.15, -0.1) is 0 Å². The predicted molar refractivity (Wildman–Crippen MR) is 99.9 cm³/mol. The lowest BCUT2D eigenvalue weighted by molar-refractivity contribution is 0.0482. The molecular weight excluding hydrogens is 370 g/mol. The summed E-state index contributed by atoms with van der Waals surface area (Å²) in [6.45, 7) is 6.74. The van der Waals surface area contributed by atoms with Crippen molar-refractivity contribution in [1.82, 2.24) is 14.3 Å². The Balaban J connectivity index is 2.10. The van der Waals surface area contributed by atoms with Gasteiger partial charge in [-0.3, -0.25) is 0 Å². The fraction of sp³-hybridized carbons (Fsp3) is 0.444. The topological polar surface area (TPSA) is 111 Å². The van der Waals surface area contributed by atoms with Crippen LogP contribution in [0.4, 0.5) is 4.79 Å². The van der Waals surface area contributed by atoms with Crippen LogP contribution >= 0.6 is 0 Å². The molecule has 0 saturated carbocycles. The highest BCUT2D eigenvalue weighted by Gasteiger charge is 2.21. The highest BCUT2D eigenvalue weighted by Crippen LogP contribution is 2.15. The standard InChI is InChI=1S/C18H25N3O5S/c1-13-5-7-16(8-6-13)27(24,25)21-10-14(19-12-21)9-15(11-22)20-17(23)26-18(2,3)4/h5-8,10,12,15,22H,9,11H2,1-4H3,(H,20,23)/t15-/m1/s1. The average Bonchev–Trinajstić information content (AvgIpc) is 3.02. The average molecular weight is 395 g/mol. The molecule has 0 aliphatic rings. The SMILES string of the molecule is Cc1ccc(S(=O)(=O)n2cnc(C[C@H](CO)NC(=O)OC(C)(C)C)c2)cc1. The minimum atomic E-state index is -3.74. The molecule has 1 aromatic heterocycles. The van der Waals surface area contributed by atoms with Gasteiger partial charge >= 0.3 is 6.09 Å². The molecule has 1 heterocycles. The number of alkyl carbamates (subject to hydrolysis) is 1. The molecular formula is C18H25N3O5S. The normalized spacial score (nSPS) is 13.2. The maximum absolute atomic E-state index is 12.6. The highest BCUT2D eigenvalue weighted by molar-refractivity contribution is 7.90. The van der Waals surface area contributed by atoms with Crippen molar-refractivity contribution in [1.29, 1.82) is 0 Å². The van der Waals surface area contributed by atoms with E-state index in [1.807, 2.05) is 6.92 Å². The van der Waals surface area contributed by atoms with Gasteiger partial charge in [-0.1, -0.05) is 17.7 Å². The van der Waals surface area contributed by atoms with E-state index in [-0.39, 0.29) is 17.9 Å². The van der Waals surface area contributed by atoms with Crippen molar-refractivity contribution in [3.63, 3.8) is 0 Å². The van der Waals surface area contributed by atoms with E-state index >= 15 is 0 Å². The van der Waals surface area contributed by atoms with E-state index in [1.165, 1.54) is 24.7 Å². The van der Waals surface area contributed by atoms with Crippen molar-refractivity contribution in [3.05, 3.63) is 48.0 Å². The molecule has 1 aromatic carbocycles. The number of rotatable bonds is 6. The number of benzene rings is 1. The molecule has 8 nitrogen and oxygen atoms in total. The number of aliphatic hydroxyl groups excluding tert-OH is 1. The Morgan fingerprint density at radius 2 is 1.93 bits per heavy atom. The molecule has 1 amide bonds. The molecule has 0 spiro atoms. The third kappa shape index (κ3) is 5.80. The molecule has 0 bridgehead atoms. The number of imidazole rings is 1. The summed E-state index contributed by atoms with van der Waals surface area (Å²) in [5.41, 5.74) is 0.716. The number of hydrogen-bond acceptors (Lipinski definition) is 6. The Morgan fingerprint density at radius 1 is 1.30 bits per heavy atom. The van der Waals surface area contributed by atoms with Crippen molar-refractivity contribution in [2.45, 2.75) is 50.7 Å². The Hall–Kier alpha value is -2.39. The summed E-state index contributed by atoms with van der Waals surface area (Å²) in [6.07, 6.45) is 2.07. The molecule has 9 heteroatoms. The number of ether oxygens (including phenoxy) is 1. The molecule has 148 valence electrons. The number of hydrogen-bond donors (Lipinski definition) is 2. The molecule has 2 N–H and O–H groups in total. The second-order valence-electron chi connectivity index (χ2n) is 7.24. The smallest absolute Gasteiger partial charge is 0.407 e. The fourth-order valence-corrected chi connectivity index (χ4v) is 3.46. The van der Waals surface area contributed by atoms with Gasteiger partial charge in [0, 0.05) is 12.6 Å². The maximum atomic E-state index is 12.6. The van der Waals surface area contributed by atoms with E-state index < -0.39 is 27.8 Å². The first-order valence-electron chi connectivity index (χ1n) is 8.47. The quantitative estimate of drug-likeness (QED) is 0.772. The lowest BCUT2D eigenvalue weighted by Gasteiger charge is -2.22. The van der Waals surface area contributed by atoms with Gasteiger partial charge in [-0.25, -0.2) is 22.2 Å². The first-order chi connectivity index (χ1) is 12.5. The van der Waals surface area contributed by atoms with Crippen LogP contribution in [-0.4, -0.2) is 46.8 Å². The summed E-state index contributed by atoms with van der Waals surface area (Å²) >= 11 is 0. The molecule has 0 radical (unpaired) electrons. The van der Waals surface area contributed by atoms with Crippen LogP contribution in [0.5, 0.6) is 0 Å².